The first-order chi connectivity index (χ1) is 14.8. The Morgan fingerprint density at radius 1 is 0.613 bits per heavy atom. The molecule has 31 heavy (non-hydrogen) atoms. The molecule has 0 radical (unpaired) electrons. The third kappa shape index (κ3) is 9.52. The number of hydrogen-bond donors (Lipinski definition) is 0. The molecule has 0 heterocycles. The van der Waals surface area contributed by atoms with E-state index in [-0.39, 0.29) is 19.3 Å². The average molecular weight is 454 g/mol. The third-order valence-corrected chi connectivity index (χ3v) is 4.29. The quantitative estimate of drug-likeness (QED) is 0.117. The normalized spacial score (nSPS) is 10.8. The van der Waals surface area contributed by atoms with Crippen LogP contribution in [0.15, 0.2) is 0 Å². The van der Waals surface area contributed by atoms with Crippen molar-refractivity contribution in [2.75, 3.05) is 19.8 Å². The van der Waals surface area contributed by atoms with E-state index < -0.39 is 60.0 Å². The molecular formula is C21H27F5O5. The van der Waals surface area contributed by atoms with Gasteiger partial charge in [-0.2, -0.15) is 8.78 Å². The van der Waals surface area contributed by atoms with Gasteiger partial charge >= 0.3 is 11.9 Å². The molecule has 0 aliphatic rings. The Bertz CT molecular complexity index is 698. The highest BCUT2D eigenvalue weighted by Gasteiger charge is 2.27. The molecule has 0 N–H and O–H groups in total. The maximum absolute atomic E-state index is 13.4. The number of rotatable bonds is 15. The van der Waals surface area contributed by atoms with Crippen LogP contribution in [0.5, 0.6) is 5.75 Å². The number of ether oxygens (including phenoxy) is 3. The molecule has 0 fully saturated rings. The lowest BCUT2D eigenvalue weighted by atomic mass is 10.1. The van der Waals surface area contributed by atoms with Gasteiger partial charge in [0.15, 0.2) is 5.75 Å². The maximum atomic E-state index is 13.4. The van der Waals surface area contributed by atoms with Gasteiger partial charge in [-0.05, 0) is 12.8 Å². The summed E-state index contributed by atoms with van der Waals surface area (Å²) in [5.41, 5.74) is 0. The smallest absolute Gasteiger partial charge is 0.305 e. The van der Waals surface area contributed by atoms with Crippen molar-refractivity contribution in [3.05, 3.63) is 29.1 Å². The van der Waals surface area contributed by atoms with Gasteiger partial charge in [0.2, 0.25) is 29.1 Å². The van der Waals surface area contributed by atoms with E-state index in [9.17, 15) is 31.5 Å². The van der Waals surface area contributed by atoms with Crippen molar-refractivity contribution in [3.8, 4) is 5.75 Å². The number of carbonyl (C=O) groups is 2. The standard InChI is InChI=1S/C21H27F5O5/c1-2-3-4-5-6-7-11-29-14(27)9-8-10-15(28)30-12-13-31-21-19(25)17(23)16(22)18(24)20(21)26/h2-13H2,1H3. The minimum absolute atomic E-state index is 0.0337. The summed E-state index contributed by atoms with van der Waals surface area (Å²) in [5.74, 6) is -13.3. The highest BCUT2D eigenvalue weighted by atomic mass is 19.2. The Hall–Kier alpha value is -2.39. The van der Waals surface area contributed by atoms with Gasteiger partial charge in [0.25, 0.3) is 0 Å². The predicted molar refractivity (Wildman–Crippen MR) is 101 cm³/mol. The zero-order chi connectivity index (χ0) is 23.2. The summed E-state index contributed by atoms with van der Waals surface area (Å²) in [5, 5.41) is 0. The number of unbranched alkanes of at least 4 members (excludes halogenated alkanes) is 5. The van der Waals surface area contributed by atoms with Crippen LogP contribution in [-0.2, 0) is 19.1 Å². The van der Waals surface area contributed by atoms with E-state index >= 15 is 0 Å². The molecule has 0 unspecified atom stereocenters. The summed E-state index contributed by atoms with van der Waals surface area (Å²) < 4.78 is 80.1. The number of carbonyl (C=O) groups excluding carboxylic acids is 2. The predicted octanol–water partition coefficient (Wildman–Crippen LogP) is 5.38. The molecule has 0 saturated carbocycles. The summed E-state index contributed by atoms with van der Waals surface area (Å²) in [6, 6.07) is 0. The van der Waals surface area contributed by atoms with Crippen LogP contribution in [0.4, 0.5) is 22.0 Å². The SMILES string of the molecule is CCCCCCCCOC(=O)CCCC(=O)OCCOc1c(F)c(F)c(F)c(F)c1F. The molecule has 0 atom stereocenters. The summed E-state index contributed by atoms with van der Waals surface area (Å²) in [4.78, 5) is 23.1. The lowest BCUT2D eigenvalue weighted by molar-refractivity contribution is -0.146. The molecule has 0 aliphatic carbocycles. The molecule has 5 nitrogen and oxygen atoms in total. The van der Waals surface area contributed by atoms with E-state index in [1.54, 1.807) is 0 Å². The Labute approximate surface area is 177 Å². The van der Waals surface area contributed by atoms with Gasteiger partial charge < -0.3 is 14.2 Å². The summed E-state index contributed by atoms with van der Waals surface area (Å²) >= 11 is 0. The van der Waals surface area contributed by atoms with Crippen LogP contribution in [0.2, 0.25) is 0 Å². The number of esters is 2. The fourth-order valence-corrected chi connectivity index (χ4v) is 2.60. The van der Waals surface area contributed by atoms with E-state index in [1.807, 2.05) is 0 Å². The third-order valence-electron chi connectivity index (χ3n) is 4.29. The monoisotopic (exact) mass is 454 g/mol. The maximum Gasteiger partial charge on any atom is 0.305 e. The Balaban J connectivity index is 2.16. The molecule has 0 amide bonds. The van der Waals surface area contributed by atoms with E-state index in [0.717, 1.165) is 25.7 Å². The lowest BCUT2D eigenvalue weighted by Crippen LogP contribution is -2.15. The molecular weight excluding hydrogens is 427 g/mol. The summed E-state index contributed by atoms with van der Waals surface area (Å²) in [7, 11) is 0. The molecule has 176 valence electrons. The molecule has 1 aromatic rings. The van der Waals surface area contributed by atoms with E-state index in [4.69, 9.17) is 9.47 Å². The van der Waals surface area contributed by atoms with Gasteiger partial charge in [0.1, 0.15) is 13.2 Å². The molecule has 0 saturated heterocycles. The largest absolute Gasteiger partial charge is 0.484 e. The first kappa shape index (κ1) is 26.6. The Morgan fingerprint density at radius 2 is 1.10 bits per heavy atom. The van der Waals surface area contributed by atoms with Crippen LogP contribution < -0.4 is 4.74 Å². The minimum atomic E-state index is -2.29. The van der Waals surface area contributed by atoms with E-state index in [1.165, 1.54) is 12.8 Å². The van der Waals surface area contributed by atoms with Crippen LogP contribution in [0.3, 0.4) is 0 Å². The zero-order valence-electron chi connectivity index (χ0n) is 17.4. The second kappa shape index (κ2) is 14.6. The zero-order valence-corrected chi connectivity index (χ0v) is 17.4. The highest BCUT2D eigenvalue weighted by molar-refractivity contribution is 5.72. The van der Waals surface area contributed by atoms with Gasteiger partial charge in [-0.25, -0.2) is 13.2 Å². The van der Waals surface area contributed by atoms with Crippen molar-refractivity contribution >= 4 is 11.9 Å². The molecule has 1 rings (SSSR count). The molecule has 0 aliphatic heterocycles. The first-order valence-electron chi connectivity index (χ1n) is 10.2. The van der Waals surface area contributed by atoms with Crippen molar-refractivity contribution < 1.29 is 45.8 Å². The second-order valence-corrected chi connectivity index (χ2v) is 6.81. The van der Waals surface area contributed by atoms with Crippen LogP contribution in [0.1, 0.15) is 64.7 Å². The molecule has 10 heteroatoms. The van der Waals surface area contributed by atoms with Gasteiger partial charge in [-0.15, -0.1) is 0 Å². The fourth-order valence-electron chi connectivity index (χ4n) is 2.60. The highest BCUT2D eigenvalue weighted by Crippen LogP contribution is 2.28. The second-order valence-electron chi connectivity index (χ2n) is 6.81. The summed E-state index contributed by atoms with van der Waals surface area (Å²) in [6.45, 7) is 1.38. The van der Waals surface area contributed by atoms with Crippen LogP contribution in [-0.4, -0.2) is 31.8 Å². The van der Waals surface area contributed by atoms with E-state index in [0.29, 0.717) is 6.61 Å². The first-order valence-corrected chi connectivity index (χ1v) is 10.2. The number of halogens is 5. The Morgan fingerprint density at radius 3 is 1.68 bits per heavy atom. The van der Waals surface area contributed by atoms with Crippen molar-refractivity contribution in [2.45, 2.75) is 64.7 Å². The molecule has 0 aromatic heterocycles. The van der Waals surface area contributed by atoms with Gasteiger partial charge in [-0.3, -0.25) is 9.59 Å². The average Bonchev–Trinajstić information content (AvgIpc) is 2.75. The van der Waals surface area contributed by atoms with Crippen molar-refractivity contribution in [1.29, 1.82) is 0 Å². The molecule has 0 spiro atoms. The van der Waals surface area contributed by atoms with E-state index in [2.05, 4.69) is 11.7 Å². The van der Waals surface area contributed by atoms with Crippen molar-refractivity contribution in [1.82, 2.24) is 0 Å². The van der Waals surface area contributed by atoms with Crippen molar-refractivity contribution in [3.63, 3.8) is 0 Å². The fraction of sp³-hybridized carbons (Fsp3) is 0.619. The van der Waals surface area contributed by atoms with Gasteiger partial charge in [-0.1, -0.05) is 39.0 Å². The molecule has 0 bridgehead atoms. The van der Waals surface area contributed by atoms with Gasteiger partial charge in [0.05, 0.1) is 6.61 Å². The Kier molecular flexibility index (Phi) is 12.5. The minimum Gasteiger partial charge on any atom is -0.484 e. The van der Waals surface area contributed by atoms with Crippen LogP contribution >= 0.6 is 0 Å². The van der Waals surface area contributed by atoms with Crippen LogP contribution in [0.25, 0.3) is 0 Å². The van der Waals surface area contributed by atoms with Crippen LogP contribution in [0, 0.1) is 29.1 Å². The van der Waals surface area contributed by atoms with Crippen molar-refractivity contribution in [2.24, 2.45) is 0 Å². The lowest BCUT2D eigenvalue weighted by Gasteiger charge is -2.10. The number of hydrogen-bond acceptors (Lipinski definition) is 5. The summed E-state index contributed by atoms with van der Waals surface area (Å²) in [6.07, 6.45) is 6.53. The topological polar surface area (TPSA) is 61.8 Å². The number of benzene rings is 1. The molecule has 1 aromatic carbocycles. The van der Waals surface area contributed by atoms with Gasteiger partial charge in [0, 0.05) is 12.8 Å².